The molecule has 0 amide bonds. The fraction of sp³-hybridized carbons (Fsp3) is 0.600. The van der Waals surface area contributed by atoms with Gasteiger partial charge in [0.2, 0.25) is 0 Å². The highest BCUT2D eigenvalue weighted by atomic mass is 16.4. The molecule has 0 aromatic heterocycles. The number of oxime groups is 2. The van der Waals surface area contributed by atoms with Crippen molar-refractivity contribution in [2.45, 2.75) is 6.92 Å². The summed E-state index contributed by atoms with van der Waals surface area (Å²) in [4.78, 5) is 1.79. The van der Waals surface area contributed by atoms with Crippen LogP contribution in [0.2, 0.25) is 0 Å². The van der Waals surface area contributed by atoms with E-state index in [1.54, 1.807) is 11.8 Å². The van der Waals surface area contributed by atoms with Crippen LogP contribution in [0.5, 0.6) is 0 Å². The van der Waals surface area contributed by atoms with Crippen molar-refractivity contribution in [3.05, 3.63) is 0 Å². The van der Waals surface area contributed by atoms with Gasteiger partial charge in [0.15, 0.2) is 5.84 Å². The van der Waals surface area contributed by atoms with E-state index < -0.39 is 0 Å². The summed E-state index contributed by atoms with van der Waals surface area (Å²) in [6.45, 7) is 3.31. The van der Waals surface area contributed by atoms with Crippen LogP contribution in [-0.4, -0.2) is 40.0 Å². The van der Waals surface area contributed by atoms with Crippen molar-refractivity contribution in [3.63, 3.8) is 0 Å². The zero-order chi connectivity index (χ0) is 7.56. The average Bonchev–Trinajstić information content (AvgIpc) is 2.73. The van der Waals surface area contributed by atoms with E-state index >= 15 is 0 Å². The second kappa shape index (κ2) is 2.55. The lowest BCUT2D eigenvalue weighted by molar-refractivity contribution is 0.310. The molecule has 1 aliphatic rings. The zero-order valence-electron chi connectivity index (χ0n) is 5.65. The molecule has 5 nitrogen and oxygen atoms in total. The maximum absolute atomic E-state index is 8.39. The van der Waals surface area contributed by atoms with Crippen molar-refractivity contribution >= 4 is 11.5 Å². The summed E-state index contributed by atoms with van der Waals surface area (Å²) in [6.07, 6.45) is 0. The molecular weight excluding hydrogens is 134 g/mol. The molecule has 1 aliphatic heterocycles. The average molecular weight is 143 g/mol. The topological polar surface area (TPSA) is 68.2 Å². The van der Waals surface area contributed by atoms with Crippen LogP contribution in [0.25, 0.3) is 0 Å². The first-order valence-corrected chi connectivity index (χ1v) is 2.95. The van der Waals surface area contributed by atoms with E-state index in [0.717, 1.165) is 13.1 Å². The zero-order valence-corrected chi connectivity index (χ0v) is 5.65. The van der Waals surface area contributed by atoms with Crippen LogP contribution in [0, 0.1) is 0 Å². The minimum absolute atomic E-state index is 0.333. The molecule has 1 heterocycles. The lowest BCUT2D eigenvalue weighted by Gasteiger charge is -2.00. The quantitative estimate of drug-likeness (QED) is 0.178. The molecule has 56 valence electrons. The molecule has 1 fully saturated rings. The first-order valence-electron chi connectivity index (χ1n) is 2.95. The molecule has 10 heavy (non-hydrogen) atoms. The molecule has 0 aromatic rings. The molecule has 0 unspecified atom stereocenters. The predicted molar refractivity (Wildman–Crippen MR) is 35.7 cm³/mol. The Morgan fingerprint density at radius 1 is 1.30 bits per heavy atom. The van der Waals surface area contributed by atoms with Crippen molar-refractivity contribution in [1.82, 2.24) is 4.90 Å². The number of rotatable bonds is 1. The smallest absolute Gasteiger partial charge is 0.192 e. The van der Waals surface area contributed by atoms with Gasteiger partial charge in [0.1, 0.15) is 5.71 Å². The lowest BCUT2D eigenvalue weighted by atomic mass is 10.4. The summed E-state index contributed by atoms with van der Waals surface area (Å²) in [5, 5.41) is 22.6. The van der Waals surface area contributed by atoms with Gasteiger partial charge in [0, 0.05) is 13.1 Å². The largest absolute Gasteiger partial charge is 0.411 e. The fourth-order valence-corrected chi connectivity index (χ4v) is 0.671. The molecular formula is C5H9N3O2. The van der Waals surface area contributed by atoms with Gasteiger partial charge in [0.05, 0.1) is 0 Å². The minimum Gasteiger partial charge on any atom is -0.411 e. The van der Waals surface area contributed by atoms with E-state index in [-0.39, 0.29) is 0 Å². The van der Waals surface area contributed by atoms with Crippen molar-refractivity contribution in [2.75, 3.05) is 13.1 Å². The second-order valence-corrected chi connectivity index (χ2v) is 2.10. The van der Waals surface area contributed by atoms with Gasteiger partial charge in [-0.15, -0.1) is 0 Å². The van der Waals surface area contributed by atoms with Gasteiger partial charge < -0.3 is 15.3 Å². The molecule has 0 spiro atoms. The van der Waals surface area contributed by atoms with Crippen LogP contribution in [0.15, 0.2) is 10.3 Å². The Labute approximate surface area is 58.2 Å². The van der Waals surface area contributed by atoms with E-state index in [1.807, 2.05) is 0 Å². The van der Waals surface area contributed by atoms with Crippen molar-refractivity contribution in [1.29, 1.82) is 0 Å². The van der Waals surface area contributed by atoms with Crippen molar-refractivity contribution in [3.8, 4) is 0 Å². The Morgan fingerprint density at radius 3 is 2.20 bits per heavy atom. The molecule has 1 rings (SSSR count). The Hall–Kier alpha value is -1.26. The molecule has 1 saturated heterocycles. The molecule has 0 bridgehead atoms. The SMILES string of the molecule is CC(=N\O)/C(=N\O)N1CC1. The summed E-state index contributed by atoms with van der Waals surface area (Å²) in [6, 6.07) is 0. The van der Waals surface area contributed by atoms with E-state index in [9.17, 15) is 0 Å². The van der Waals surface area contributed by atoms with Crippen molar-refractivity contribution in [2.24, 2.45) is 10.3 Å². The van der Waals surface area contributed by atoms with Crippen LogP contribution in [0.4, 0.5) is 0 Å². The first-order chi connectivity index (χ1) is 4.79. The van der Waals surface area contributed by atoms with Gasteiger partial charge in [0.25, 0.3) is 0 Å². The van der Waals surface area contributed by atoms with Gasteiger partial charge in [-0.05, 0) is 6.92 Å². The van der Waals surface area contributed by atoms with E-state index in [2.05, 4.69) is 10.3 Å². The lowest BCUT2D eigenvalue weighted by Crippen LogP contribution is -2.19. The van der Waals surface area contributed by atoms with E-state index in [4.69, 9.17) is 10.4 Å². The minimum atomic E-state index is 0.333. The highest BCUT2D eigenvalue weighted by Gasteiger charge is 2.24. The first kappa shape index (κ1) is 6.85. The maximum Gasteiger partial charge on any atom is 0.192 e. The van der Waals surface area contributed by atoms with Gasteiger partial charge in [-0.2, -0.15) is 0 Å². The number of nitrogens with zero attached hydrogens (tertiary/aromatic N) is 3. The fourth-order valence-electron chi connectivity index (χ4n) is 0.671. The summed E-state index contributed by atoms with van der Waals surface area (Å²) in [5.74, 6) is 0.350. The van der Waals surface area contributed by atoms with Crippen LogP contribution in [-0.2, 0) is 0 Å². The molecule has 0 atom stereocenters. The third-order valence-corrected chi connectivity index (χ3v) is 1.32. The number of hydrogen-bond acceptors (Lipinski definition) is 4. The summed E-state index contributed by atoms with van der Waals surface area (Å²) >= 11 is 0. The third-order valence-electron chi connectivity index (χ3n) is 1.32. The standard InChI is InChI=1S/C5H9N3O2/c1-4(6-9)5(7-10)8-2-3-8/h9-10H,2-3H2,1H3/b6-4+,7-5+. The second-order valence-electron chi connectivity index (χ2n) is 2.10. The highest BCUT2D eigenvalue weighted by Crippen LogP contribution is 2.05. The molecule has 5 heteroatoms. The molecule has 2 N–H and O–H groups in total. The Bertz CT molecular complexity index is 183. The van der Waals surface area contributed by atoms with Gasteiger partial charge in [-0.25, -0.2) is 0 Å². The van der Waals surface area contributed by atoms with E-state index in [1.165, 1.54) is 0 Å². The Morgan fingerprint density at radius 2 is 1.90 bits per heavy atom. The Kier molecular flexibility index (Phi) is 1.75. The number of hydrogen-bond donors (Lipinski definition) is 2. The maximum atomic E-state index is 8.39. The van der Waals surface area contributed by atoms with E-state index in [0.29, 0.717) is 11.5 Å². The number of amidine groups is 1. The van der Waals surface area contributed by atoms with Crippen LogP contribution >= 0.6 is 0 Å². The highest BCUT2D eigenvalue weighted by molar-refractivity contribution is 6.40. The van der Waals surface area contributed by atoms with Crippen LogP contribution in [0.3, 0.4) is 0 Å². The molecule has 0 aliphatic carbocycles. The van der Waals surface area contributed by atoms with Crippen molar-refractivity contribution < 1.29 is 10.4 Å². The molecule has 0 saturated carbocycles. The van der Waals surface area contributed by atoms with Gasteiger partial charge in [-0.3, -0.25) is 0 Å². The van der Waals surface area contributed by atoms with Gasteiger partial charge >= 0.3 is 0 Å². The van der Waals surface area contributed by atoms with Crippen LogP contribution in [0.1, 0.15) is 6.92 Å². The Balaban J connectivity index is 2.65. The molecule has 0 aromatic carbocycles. The molecule has 0 radical (unpaired) electrons. The summed E-state index contributed by atoms with van der Waals surface area (Å²) in [7, 11) is 0. The van der Waals surface area contributed by atoms with Crippen LogP contribution < -0.4 is 0 Å². The summed E-state index contributed by atoms with van der Waals surface area (Å²) < 4.78 is 0. The third kappa shape index (κ3) is 1.18. The van der Waals surface area contributed by atoms with Gasteiger partial charge in [-0.1, -0.05) is 10.3 Å². The predicted octanol–water partition coefficient (Wildman–Crippen LogP) is -0.0602. The normalized spacial score (nSPS) is 19.5. The summed E-state index contributed by atoms with van der Waals surface area (Å²) in [5.41, 5.74) is 0.333. The monoisotopic (exact) mass is 143 g/mol.